The summed E-state index contributed by atoms with van der Waals surface area (Å²) in [6.07, 6.45) is 8.71. The van der Waals surface area contributed by atoms with Crippen LogP contribution < -0.4 is 0 Å². The molecule has 7 fully saturated rings. The largest absolute Gasteiger partial charge is 0.462 e. The van der Waals surface area contributed by atoms with Crippen molar-refractivity contribution in [2.75, 3.05) is 0 Å². The van der Waals surface area contributed by atoms with Gasteiger partial charge in [0.15, 0.2) is 0 Å². The minimum Gasteiger partial charge on any atom is -0.462 e. The van der Waals surface area contributed by atoms with Crippen molar-refractivity contribution in [3.8, 4) is 0 Å². The van der Waals surface area contributed by atoms with E-state index in [9.17, 15) is 9.59 Å². The van der Waals surface area contributed by atoms with Crippen LogP contribution in [0.2, 0.25) is 0 Å². The number of rotatable bonds is 5. The van der Waals surface area contributed by atoms with E-state index in [4.69, 9.17) is 9.47 Å². The van der Waals surface area contributed by atoms with E-state index in [2.05, 4.69) is 20.8 Å². The van der Waals surface area contributed by atoms with Crippen LogP contribution in [0.3, 0.4) is 0 Å². The Hall–Kier alpha value is -1.06. The molecule has 0 heterocycles. The molecule has 7 rings (SSSR count). The summed E-state index contributed by atoms with van der Waals surface area (Å²) in [4.78, 5) is 26.3. The Morgan fingerprint density at radius 1 is 0.933 bits per heavy atom. The first-order valence-corrected chi connectivity index (χ1v) is 12.6. The van der Waals surface area contributed by atoms with Crippen molar-refractivity contribution in [1.82, 2.24) is 0 Å². The maximum absolute atomic E-state index is 13.4. The summed E-state index contributed by atoms with van der Waals surface area (Å²) in [6.45, 7) is 8.54. The van der Waals surface area contributed by atoms with Gasteiger partial charge in [-0.05, 0) is 86.9 Å². The molecule has 9 unspecified atom stereocenters. The van der Waals surface area contributed by atoms with Crippen molar-refractivity contribution in [2.24, 2.45) is 57.7 Å². The van der Waals surface area contributed by atoms with Gasteiger partial charge < -0.3 is 9.47 Å². The second-order valence-electron chi connectivity index (χ2n) is 13.1. The van der Waals surface area contributed by atoms with E-state index in [0.29, 0.717) is 23.2 Å². The predicted molar refractivity (Wildman–Crippen MR) is 110 cm³/mol. The number of ether oxygens (including phenoxy) is 2. The van der Waals surface area contributed by atoms with Crippen LogP contribution in [-0.4, -0.2) is 23.6 Å². The summed E-state index contributed by atoms with van der Waals surface area (Å²) in [5, 5.41) is 0. The Bertz CT molecular complexity index is 837. The van der Waals surface area contributed by atoms with Crippen LogP contribution in [0.25, 0.3) is 0 Å². The van der Waals surface area contributed by atoms with E-state index in [0.717, 1.165) is 43.9 Å². The average molecular weight is 413 g/mol. The molecular formula is C26H36O4. The van der Waals surface area contributed by atoms with Crippen LogP contribution in [0.4, 0.5) is 0 Å². The highest BCUT2D eigenvalue weighted by molar-refractivity contribution is 5.81. The highest BCUT2D eigenvalue weighted by Gasteiger charge is 2.90. The van der Waals surface area contributed by atoms with Gasteiger partial charge in [-0.1, -0.05) is 20.8 Å². The number of esters is 2. The average Bonchev–Trinajstić information content (AvgIpc) is 2.99. The van der Waals surface area contributed by atoms with Gasteiger partial charge in [0.2, 0.25) is 0 Å². The molecule has 164 valence electrons. The molecule has 7 saturated carbocycles. The molecule has 0 saturated heterocycles. The van der Waals surface area contributed by atoms with Gasteiger partial charge in [0.05, 0.1) is 11.3 Å². The lowest BCUT2D eigenvalue weighted by Crippen LogP contribution is -2.90. The second-order valence-corrected chi connectivity index (χ2v) is 13.1. The zero-order chi connectivity index (χ0) is 20.8. The summed E-state index contributed by atoms with van der Waals surface area (Å²) in [7, 11) is 0. The standard InChI is InChI=1S/C26H36O4/c1-5-25(19-10-14-9-15-11-20(25)26(14,15)19)30-21(27)17-7-13-6-16(17)18(8-13)29-22(28)24(4)12-23(24,2)3/h13-20H,5-12H2,1-4H3. The Labute approximate surface area is 179 Å². The first-order chi connectivity index (χ1) is 14.2. The minimum absolute atomic E-state index is 0.0316. The molecule has 0 N–H and O–H groups in total. The molecule has 1 spiro atoms. The highest BCUT2D eigenvalue weighted by atomic mass is 16.6. The van der Waals surface area contributed by atoms with Crippen LogP contribution in [0.1, 0.15) is 79.1 Å². The predicted octanol–water partition coefficient (Wildman–Crippen LogP) is 4.75. The number of hydrogen-bond acceptors (Lipinski definition) is 4. The lowest BCUT2D eigenvalue weighted by atomic mass is 9.14. The zero-order valence-electron chi connectivity index (χ0n) is 18.9. The molecular weight excluding hydrogens is 376 g/mol. The first kappa shape index (κ1) is 18.5. The quantitative estimate of drug-likeness (QED) is 0.612. The number of carbonyl (C=O) groups excluding carboxylic acids is 2. The molecule has 0 aliphatic heterocycles. The Morgan fingerprint density at radius 2 is 1.60 bits per heavy atom. The molecule has 7 aliphatic carbocycles. The van der Waals surface area contributed by atoms with Crippen LogP contribution in [-0.2, 0) is 19.1 Å². The smallest absolute Gasteiger partial charge is 0.312 e. The minimum atomic E-state index is -0.346. The third kappa shape index (κ3) is 1.74. The van der Waals surface area contributed by atoms with Gasteiger partial charge >= 0.3 is 11.9 Å². The first-order valence-electron chi connectivity index (χ1n) is 12.6. The zero-order valence-corrected chi connectivity index (χ0v) is 18.9. The fraction of sp³-hybridized carbons (Fsp3) is 0.923. The van der Waals surface area contributed by atoms with E-state index in [-0.39, 0.29) is 46.3 Å². The van der Waals surface area contributed by atoms with Crippen LogP contribution in [0.15, 0.2) is 0 Å². The maximum Gasteiger partial charge on any atom is 0.312 e. The third-order valence-corrected chi connectivity index (χ3v) is 12.2. The lowest BCUT2D eigenvalue weighted by molar-refractivity contribution is -0.460. The van der Waals surface area contributed by atoms with Crippen molar-refractivity contribution < 1.29 is 19.1 Å². The number of hydrogen-bond donors (Lipinski definition) is 0. The van der Waals surface area contributed by atoms with Crippen molar-refractivity contribution in [1.29, 1.82) is 0 Å². The molecule has 30 heavy (non-hydrogen) atoms. The summed E-state index contributed by atoms with van der Waals surface area (Å²) in [6, 6.07) is 0. The Morgan fingerprint density at radius 3 is 2.13 bits per heavy atom. The van der Waals surface area contributed by atoms with Crippen LogP contribution in [0, 0.1) is 57.7 Å². The van der Waals surface area contributed by atoms with Crippen molar-refractivity contribution >= 4 is 11.9 Å². The van der Waals surface area contributed by atoms with Crippen molar-refractivity contribution in [3.63, 3.8) is 0 Å². The van der Waals surface area contributed by atoms with Crippen LogP contribution >= 0.6 is 0 Å². The van der Waals surface area contributed by atoms with Crippen molar-refractivity contribution in [3.05, 3.63) is 0 Å². The molecule has 4 nitrogen and oxygen atoms in total. The molecule has 0 amide bonds. The lowest BCUT2D eigenvalue weighted by Gasteiger charge is -2.91. The fourth-order valence-corrected chi connectivity index (χ4v) is 10.1. The van der Waals surface area contributed by atoms with E-state index in [1.165, 1.54) is 19.3 Å². The molecule has 4 heteroatoms. The maximum atomic E-state index is 13.4. The molecule has 0 aromatic heterocycles. The summed E-state index contributed by atoms with van der Waals surface area (Å²) < 4.78 is 12.5. The van der Waals surface area contributed by atoms with Gasteiger partial charge in [-0.25, -0.2) is 0 Å². The summed E-state index contributed by atoms with van der Waals surface area (Å²) in [5.74, 6) is 3.80. The van der Waals surface area contributed by atoms with Gasteiger partial charge in [0, 0.05) is 17.8 Å². The van der Waals surface area contributed by atoms with Gasteiger partial charge in [-0.2, -0.15) is 0 Å². The number of carbonyl (C=O) groups is 2. The van der Waals surface area contributed by atoms with Gasteiger partial charge in [-0.3, -0.25) is 9.59 Å². The Kier molecular flexibility index (Phi) is 3.16. The second kappa shape index (κ2) is 5.12. The summed E-state index contributed by atoms with van der Waals surface area (Å²) in [5.41, 5.74) is 0.137. The van der Waals surface area contributed by atoms with E-state index < -0.39 is 0 Å². The van der Waals surface area contributed by atoms with E-state index >= 15 is 0 Å². The third-order valence-electron chi connectivity index (χ3n) is 12.2. The highest BCUT2D eigenvalue weighted by Crippen LogP contribution is 2.91. The fourth-order valence-electron chi connectivity index (χ4n) is 10.1. The van der Waals surface area contributed by atoms with Gasteiger partial charge in [0.25, 0.3) is 0 Å². The van der Waals surface area contributed by atoms with Gasteiger partial charge in [0.1, 0.15) is 11.7 Å². The topological polar surface area (TPSA) is 52.6 Å². The van der Waals surface area contributed by atoms with Gasteiger partial charge in [-0.15, -0.1) is 0 Å². The molecule has 0 aromatic carbocycles. The van der Waals surface area contributed by atoms with E-state index in [1.54, 1.807) is 0 Å². The molecule has 0 radical (unpaired) electrons. The molecule has 9 atom stereocenters. The molecule has 7 aliphatic rings. The van der Waals surface area contributed by atoms with Crippen molar-refractivity contribution in [2.45, 2.75) is 90.8 Å². The normalized spacial score (nSPS) is 59.5. The molecule has 2 bridgehead atoms. The van der Waals surface area contributed by atoms with Crippen LogP contribution in [0.5, 0.6) is 0 Å². The number of fused-ring (bicyclic) bond motifs is 2. The van der Waals surface area contributed by atoms with E-state index in [1.807, 2.05) is 6.92 Å². The Balaban J connectivity index is 1.04. The molecule has 0 aromatic rings. The summed E-state index contributed by atoms with van der Waals surface area (Å²) >= 11 is 0. The SMILES string of the molecule is CCC1(OC(=O)C2CC3CC(OC(=O)C4(C)CC4(C)C)C2C3)C2CC3CC4CC1C342. The monoisotopic (exact) mass is 412 g/mol.